The summed E-state index contributed by atoms with van der Waals surface area (Å²) in [6, 6.07) is 7.34. The van der Waals surface area contributed by atoms with Gasteiger partial charge >= 0.3 is 5.69 Å². The minimum Gasteiger partial charge on any atom is -0.324 e. The van der Waals surface area contributed by atoms with E-state index in [1.54, 1.807) is 12.1 Å². The summed E-state index contributed by atoms with van der Waals surface area (Å²) in [6.07, 6.45) is 1.37. The lowest BCUT2D eigenvalue weighted by Crippen LogP contribution is -2.37. The smallest absolute Gasteiger partial charge is 0.324 e. The summed E-state index contributed by atoms with van der Waals surface area (Å²) < 4.78 is 2.23. The number of nitrogens with one attached hydrogen (secondary N) is 1. The monoisotopic (exact) mass is 401 g/mol. The van der Waals surface area contributed by atoms with Crippen LogP contribution in [0.3, 0.4) is 0 Å². The van der Waals surface area contributed by atoms with Gasteiger partial charge in [0, 0.05) is 31.1 Å². The van der Waals surface area contributed by atoms with Crippen molar-refractivity contribution in [3.05, 3.63) is 67.5 Å². The Morgan fingerprint density at radius 2 is 1.89 bits per heavy atom. The molecule has 10 nitrogen and oxygen atoms in total. The topological polar surface area (TPSA) is 129 Å². The highest BCUT2D eigenvalue weighted by Gasteiger charge is 2.12. The van der Waals surface area contributed by atoms with Crippen LogP contribution in [0.25, 0.3) is 11.0 Å². The quantitative estimate of drug-likeness (QED) is 0.387. The number of nitro groups is 1. The van der Waals surface area contributed by atoms with E-state index in [0.29, 0.717) is 10.6 Å². The molecule has 2 aromatic heterocycles. The third-order valence-corrected chi connectivity index (χ3v) is 5.01. The van der Waals surface area contributed by atoms with Crippen LogP contribution in [0.4, 0.5) is 11.4 Å². The van der Waals surface area contributed by atoms with Gasteiger partial charge in [0.15, 0.2) is 0 Å². The van der Waals surface area contributed by atoms with Crippen molar-refractivity contribution in [1.29, 1.82) is 0 Å². The molecule has 28 heavy (non-hydrogen) atoms. The Morgan fingerprint density at radius 3 is 2.54 bits per heavy atom. The summed E-state index contributed by atoms with van der Waals surface area (Å²) in [5.74, 6) is -0.257. The Kier molecular flexibility index (Phi) is 5.27. The van der Waals surface area contributed by atoms with Crippen molar-refractivity contribution in [1.82, 2.24) is 14.1 Å². The summed E-state index contributed by atoms with van der Waals surface area (Å²) in [5.41, 5.74) is -0.445. The first-order chi connectivity index (χ1) is 13.3. The van der Waals surface area contributed by atoms with Crippen LogP contribution >= 0.6 is 11.8 Å². The highest BCUT2D eigenvalue weighted by Crippen LogP contribution is 2.21. The molecule has 3 aromatic rings. The maximum atomic E-state index is 12.3. The average Bonchev–Trinajstić information content (AvgIpc) is 2.69. The van der Waals surface area contributed by atoms with E-state index in [2.05, 4.69) is 10.3 Å². The predicted octanol–water partition coefficient (Wildman–Crippen LogP) is 1.27. The first-order valence-corrected chi connectivity index (χ1v) is 8.99. The van der Waals surface area contributed by atoms with Gasteiger partial charge in [-0.25, -0.2) is 9.78 Å². The molecule has 0 saturated heterocycles. The van der Waals surface area contributed by atoms with Gasteiger partial charge in [-0.15, -0.1) is 11.8 Å². The van der Waals surface area contributed by atoms with Crippen molar-refractivity contribution in [2.75, 3.05) is 11.1 Å². The number of hydrogen-bond donors (Lipinski definition) is 1. The van der Waals surface area contributed by atoms with Crippen molar-refractivity contribution in [3.8, 4) is 0 Å². The Balaban J connectivity index is 1.73. The van der Waals surface area contributed by atoms with Gasteiger partial charge < -0.3 is 5.32 Å². The van der Waals surface area contributed by atoms with Gasteiger partial charge in [0.25, 0.3) is 11.2 Å². The highest BCUT2D eigenvalue weighted by molar-refractivity contribution is 8.00. The van der Waals surface area contributed by atoms with Gasteiger partial charge in [0.2, 0.25) is 5.91 Å². The number of nitrogens with zero attached hydrogens (tertiary/aromatic N) is 4. The molecule has 0 aliphatic carbocycles. The number of non-ortho nitro benzene ring substituents is 1. The van der Waals surface area contributed by atoms with E-state index in [9.17, 15) is 24.5 Å². The van der Waals surface area contributed by atoms with E-state index >= 15 is 0 Å². The van der Waals surface area contributed by atoms with Crippen LogP contribution in [0.15, 0.2) is 51.0 Å². The van der Waals surface area contributed by atoms with Crippen LogP contribution in [-0.4, -0.2) is 30.7 Å². The van der Waals surface area contributed by atoms with Gasteiger partial charge in [-0.1, -0.05) is 0 Å². The number of carbonyl (C=O) groups excluding carboxylic acids is 1. The molecule has 2 heterocycles. The van der Waals surface area contributed by atoms with Crippen LogP contribution in [0.2, 0.25) is 0 Å². The summed E-state index contributed by atoms with van der Waals surface area (Å²) >= 11 is 1.22. The molecule has 1 aromatic carbocycles. The van der Waals surface area contributed by atoms with E-state index in [4.69, 9.17) is 0 Å². The summed E-state index contributed by atoms with van der Waals surface area (Å²) in [4.78, 5) is 51.3. The summed E-state index contributed by atoms with van der Waals surface area (Å²) in [6.45, 7) is 0. The lowest BCUT2D eigenvalue weighted by Gasteiger charge is -2.09. The number of nitro benzene ring substituents is 1. The van der Waals surface area contributed by atoms with Crippen LogP contribution in [0.1, 0.15) is 0 Å². The van der Waals surface area contributed by atoms with Crippen LogP contribution in [0, 0.1) is 10.1 Å². The molecule has 0 unspecified atom stereocenters. The molecule has 0 spiro atoms. The molecule has 0 fully saturated rings. The van der Waals surface area contributed by atoms with Crippen molar-refractivity contribution in [2.24, 2.45) is 14.1 Å². The summed E-state index contributed by atoms with van der Waals surface area (Å²) in [7, 11) is 2.88. The fourth-order valence-corrected chi connectivity index (χ4v) is 3.24. The first-order valence-electron chi connectivity index (χ1n) is 8.01. The fourth-order valence-electron chi connectivity index (χ4n) is 2.54. The van der Waals surface area contributed by atoms with Crippen molar-refractivity contribution in [3.63, 3.8) is 0 Å². The summed E-state index contributed by atoms with van der Waals surface area (Å²) in [5, 5.41) is 13.5. The Morgan fingerprint density at radius 1 is 1.21 bits per heavy atom. The van der Waals surface area contributed by atoms with Crippen LogP contribution in [0.5, 0.6) is 0 Å². The number of anilines is 1. The molecule has 0 bridgehead atoms. The van der Waals surface area contributed by atoms with Crippen molar-refractivity contribution >= 4 is 40.1 Å². The Hall–Kier alpha value is -3.47. The van der Waals surface area contributed by atoms with E-state index in [1.807, 2.05) is 0 Å². The number of aryl methyl sites for hydroxylation is 1. The lowest BCUT2D eigenvalue weighted by molar-refractivity contribution is -0.384. The van der Waals surface area contributed by atoms with Gasteiger partial charge in [0.1, 0.15) is 5.65 Å². The number of carbonyl (C=O) groups is 1. The second-order valence-corrected chi connectivity index (χ2v) is 6.94. The number of rotatable bonds is 5. The average molecular weight is 401 g/mol. The molecule has 144 valence electrons. The van der Waals surface area contributed by atoms with E-state index in [1.165, 1.54) is 54.8 Å². The molecule has 11 heteroatoms. The third-order valence-electron chi connectivity index (χ3n) is 3.99. The predicted molar refractivity (Wildman–Crippen MR) is 105 cm³/mol. The normalized spacial score (nSPS) is 10.8. The molecular formula is C17H15N5O5S. The van der Waals surface area contributed by atoms with E-state index in [-0.39, 0.29) is 28.4 Å². The molecule has 1 amide bonds. The number of aromatic nitrogens is 3. The number of hydrogen-bond acceptors (Lipinski definition) is 7. The zero-order chi connectivity index (χ0) is 20.4. The van der Waals surface area contributed by atoms with Gasteiger partial charge in [0.05, 0.1) is 27.9 Å². The first kappa shape index (κ1) is 19.3. The second kappa shape index (κ2) is 7.64. The van der Waals surface area contributed by atoms with E-state index < -0.39 is 16.2 Å². The van der Waals surface area contributed by atoms with Gasteiger partial charge in [-0.2, -0.15) is 0 Å². The molecule has 0 saturated carbocycles. The van der Waals surface area contributed by atoms with Crippen LogP contribution < -0.4 is 16.6 Å². The fraction of sp³-hybridized carbons (Fsp3) is 0.176. The SMILES string of the molecule is Cn1c(=O)c2cc(NC(=O)CSc3ccc([N+](=O)[O-])cc3)cnc2n(C)c1=O. The molecule has 0 aliphatic heterocycles. The molecule has 3 rings (SSSR count). The Labute approximate surface area is 162 Å². The maximum absolute atomic E-state index is 12.3. The van der Waals surface area contributed by atoms with E-state index in [0.717, 1.165) is 4.57 Å². The minimum absolute atomic E-state index is 0.0213. The van der Waals surface area contributed by atoms with Crippen LogP contribution in [-0.2, 0) is 18.9 Å². The number of thioether (sulfide) groups is 1. The Bertz CT molecular complexity index is 1200. The number of fused-ring (bicyclic) bond motifs is 1. The standard InChI is InChI=1S/C17H15N5O5S/c1-20-15-13(16(24)21(2)17(20)25)7-10(8-18-15)19-14(23)9-28-12-5-3-11(4-6-12)22(26)27/h3-8H,9H2,1-2H3,(H,19,23). The number of benzene rings is 1. The molecule has 1 N–H and O–H groups in total. The minimum atomic E-state index is -0.498. The largest absolute Gasteiger partial charge is 0.332 e. The molecular weight excluding hydrogens is 386 g/mol. The van der Waals surface area contributed by atoms with Crippen molar-refractivity contribution in [2.45, 2.75) is 4.90 Å². The zero-order valence-corrected chi connectivity index (χ0v) is 15.7. The number of amides is 1. The molecule has 0 aliphatic rings. The lowest BCUT2D eigenvalue weighted by atomic mass is 10.3. The molecule has 0 radical (unpaired) electrons. The third kappa shape index (κ3) is 3.78. The van der Waals surface area contributed by atoms with Gasteiger partial charge in [-0.3, -0.25) is 28.8 Å². The molecule has 0 atom stereocenters. The second-order valence-electron chi connectivity index (χ2n) is 5.89. The highest BCUT2D eigenvalue weighted by atomic mass is 32.2. The maximum Gasteiger partial charge on any atom is 0.332 e. The zero-order valence-electron chi connectivity index (χ0n) is 14.9. The van der Waals surface area contributed by atoms with Gasteiger partial charge in [-0.05, 0) is 18.2 Å². The van der Waals surface area contributed by atoms with Crippen molar-refractivity contribution < 1.29 is 9.72 Å². The number of pyridine rings is 1.